The summed E-state index contributed by atoms with van der Waals surface area (Å²) < 4.78 is 15.7. The number of carbonyl (C=O) groups is 2. The maximum Gasteiger partial charge on any atom is 0.407 e. The van der Waals surface area contributed by atoms with Gasteiger partial charge in [0.2, 0.25) is 0 Å². The summed E-state index contributed by atoms with van der Waals surface area (Å²) in [5.74, 6) is 0.774. The molecule has 0 atom stereocenters. The highest BCUT2D eigenvalue weighted by Crippen LogP contribution is 2.23. The molecule has 0 bridgehead atoms. The molecule has 6 heteroatoms. The largest absolute Gasteiger partial charge is 0.465 e. The third-order valence-electron chi connectivity index (χ3n) is 3.47. The van der Waals surface area contributed by atoms with Gasteiger partial charge in [0.05, 0.1) is 12.7 Å². The van der Waals surface area contributed by atoms with Crippen LogP contribution in [0.15, 0.2) is 48.5 Å². The van der Waals surface area contributed by atoms with Gasteiger partial charge in [-0.2, -0.15) is 0 Å². The van der Waals surface area contributed by atoms with Gasteiger partial charge in [0.1, 0.15) is 17.1 Å². The molecule has 0 heterocycles. The normalized spacial score (nSPS) is 10.8. The second-order valence-electron chi connectivity index (χ2n) is 6.95. The van der Waals surface area contributed by atoms with Gasteiger partial charge in [0.15, 0.2) is 0 Å². The molecule has 6 nitrogen and oxygen atoms in total. The predicted octanol–water partition coefficient (Wildman–Crippen LogP) is 4.33. The number of hydrogen-bond donors (Lipinski definition) is 1. The molecule has 0 aliphatic rings. The van der Waals surface area contributed by atoms with E-state index in [0.29, 0.717) is 30.0 Å². The minimum Gasteiger partial charge on any atom is -0.465 e. The molecule has 27 heavy (non-hydrogen) atoms. The summed E-state index contributed by atoms with van der Waals surface area (Å²) in [5.41, 5.74) is 0.914. The zero-order valence-corrected chi connectivity index (χ0v) is 16.1. The first-order valence-electron chi connectivity index (χ1n) is 8.69. The van der Waals surface area contributed by atoms with E-state index >= 15 is 0 Å². The van der Waals surface area contributed by atoms with Crippen LogP contribution in [0.2, 0.25) is 0 Å². The first-order chi connectivity index (χ1) is 12.8. The van der Waals surface area contributed by atoms with Gasteiger partial charge in [0.25, 0.3) is 0 Å². The van der Waals surface area contributed by atoms with Crippen LogP contribution in [0.25, 0.3) is 0 Å². The van der Waals surface area contributed by atoms with Gasteiger partial charge in [-0.1, -0.05) is 18.2 Å². The first kappa shape index (κ1) is 20.3. The lowest BCUT2D eigenvalue weighted by Gasteiger charge is -2.19. The molecule has 0 saturated carbocycles. The predicted molar refractivity (Wildman–Crippen MR) is 102 cm³/mol. The van der Waals surface area contributed by atoms with Crippen molar-refractivity contribution in [3.8, 4) is 11.5 Å². The Morgan fingerprint density at radius 1 is 1.00 bits per heavy atom. The molecule has 0 aromatic heterocycles. The Balaban J connectivity index is 1.94. The highest BCUT2D eigenvalue weighted by Gasteiger charge is 2.15. The van der Waals surface area contributed by atoms with Crippen LogP contribution in [-0.2, 0) is 15.9 Å². The fourth-order valence-corrected chi connectivity index (χ4v) is 2.33. The third-order valence-corrected chi connectivity index (χ3v) is 3.47. The highest BCUT2D eigenvalue weighted by atomic mass is 16.6. The molecule has 1 N–H and O–H groups in total. The third kappa shape index (κ3) is 7.01. The van der Waals surface area contributed by atoms with Crippen molar-refractivity contribution >= 4 is 12.1 Å². The molecule has 1 amide bonds. The Bertz CT molecular complexity index is 795. The summed E-state index contributed by atoms with van der Waals surface area (Å²) in [7, 11) is 1.34. The molecular formula is C21H25NO5. The Morgan fingerprint density at radius 3 is 2.33 bits per heavy atom. The van der Waals surface area contributed by atoms with Crippen molar-refractivity contribution in [1.29, 1.82) is 0 Å². The number of carbonyl (C=O) groups excluding carboxylic acids is 2. The Morgan fingerprint density at radius 2 is 1.67 bits per heavy atom. The van der Waals surface area contributed by atoms with Crippen LogP contribution >= 0.6 is 0 Å². The second-order valence-corrected chi connectivity index (χ2v) is 6.95. The smallest absolute Gasteiger partial charge is 0.407 e. The van der Waals surface area contributed by atoms with E-state index in [1.165, 1.54) is 7.11 Å². The molecule has 0 aliphatic carbocycles. The van der Waals surface area contributed by atoms with Gasteiger partial charge < -0.3 is 19.5 Å². The first-order valence-corrected chi connectivity index (χ1v) is 8.69. The van der Waals surface area contributed by atoms with Gasteiger partial charge in [-0.3, -0.25) is 0 Å². The molecule has 0 spiro atoms. The van der Waals surface area contributed by atoms with Crippen molar-refractivity contribution in [3.63, 3.8) is 0 Å². The zero-order valence-electron chi connectivity index (χ0n) is 16.1. The van der Waals surface area contributed by atoms with Crippen molar-refractivity contribution in [2.45, 2.75) is 32.8 Å². The molecule has 144 valence electrons. The van der Waals surface area contributed by atoms with Crippen LogP contribution < -0.4 is 10.1 Å². The number of benzene rings is 2. The van der Waals surface area contributed by atoms with E-state index in [0.717, 1.165) is 5.56 Å². The monoisotopic (exact) mass is 371 g/mol. The lowest BCUT2D eigenvalue weighted by Crippen LogP contribution is -2.33. The van der Waals surface area contributed by atoms with Crippen LogP contribution in [0.4, 0.5) is 4.79 Å². The number of methoxy groups -OCH3 is 1. The number of esters is 1. The summed E-state index contributed by atoms with van der Waals surface area (Å²) in [4.78, 5) is 23.3. The van der Waals surface area contributed by atoms with E-state index < -0.39 is 17.7 Å². The zero-order chi connectivity index (χ0) is 19.9. The van der Waals surface area contributed by atoms with Crippen molar-refractivity contribution in [3.05, 3.63) is 59.7 Å². The number of rotatable bonds is 6. The number of amides is 1. The average Bonchev–Trinajstić information content (AvgIpc) is 2.60. The minimum atomic E-state index is -0.517. The fraction of sp³-hybridized carbons (Fsp3) is 0.333. The van der Waals surface area contributed by atoms with Gasteiger partial charge in [-0.15, -0.1) is 0 Å². The van der Waals surface area contributed by atoms with Crippen LogP contribution in [-0.4, -0.2) is 31.3 Å². The van der Waals surface area contributed by atoms with Crippen molar-refractivity contribution in [2.24, 2.45) is 0 Å². The topological polar surface area (TPSA) is 73.9 Å². The molecule has 2 rings (SSSR count). The molecule has 0 unspecified atom stereocenters. The Hall–Kier alpha value is -3.02. The molecule has 0 saturated heterocycles. The molecule has 2 aromatic rings. The van der Waals surface area contributed by atoms with Crippen molar-refractivity contribution in [2.75, 3.05) is 13.7 Å². The standard InChI is InChI=1S/C21H25NO5/c1-21(2,3)27-20(24)22-12-11-15-7-5-9-17(13-15)26-18-10-6-8-16(14-18)19(23)25-4/h5-10,13-14H,11-12H2,1-4H3,(H,22,24). The van der Waals surface area contributed by atoms with Crippen molar-refractivity contribution < 1.29 is 23.8 Å². The van der Waals surface area contributed by atoms with Crippen LogP contribution in [0.1, 0.15) is 36.7 Å². The van der Waals surface area contributed by atoms with E-state index in [1.807, 2.05) is 45.0 Å². The summed E-state index contributed by atoms with van der Waals surface area (Å²) in [5, 5.41) is 2.73. The summed E-state index contributed by atoms with van der Waals surface area (Å²) in [6, 6.07) is 14.3. The fourth-order valence-electron chi connectivity index (χ4n) is 2.33. The lowest BCUT2D eigenvalue weighted by atomic mass is 10.1. The lowest BCUT2D eigenvalue weighted by molar-refractivity contribution is 0.0527. The van der Waals surface area contributed by atoms with Crippen molar-refractivity contribution in [1.82, 2.24) is 5.32 Å². The van der Waals surface area contributed by atoms with Gasteiger partial charge in [-0.25, -0.2) is 9.59 Å². The summed E-state index contributed by atoms with van der Waals surface area (Å²) >= 11 is 0. The minimum absolute atomic E-state index is 0.414. The van der Waals surface area contributed by atoms with Gasteiger partial charge in [0, 0.05) is 6.54 Å². The SMILES string of the molecule is COC(=O)c1cccc(Oc2cccc(CCNC(=O)OC(C)(C)C)c2)c1. The van der Waals surface area contributed by atoms with Crippen LogP contribution in [0, 0.1) is 0 Å². The number of hydrogen-bond acceptors (Lipinski definition) is 5. The highest BCUT2D eigenvalue weighted by molar-refractivity contribution is 5.89. The van der Waals surface area contributed by atoms with E-state index in [4.69, 9.17) is 14.2 Å². The quantitative estimate of drug-likeness (QED) is 0.765. The van der Waals surface area contributed by atoms with Gasteiger partial charge >= 0.3 is 12.1 Å². The second kappa shape index (κ2) is 9.07. The number of ether oxygens (including phenoxy) is 3. The summed E-state index contributed by atoms with van der Waals surface area (Å²) in [6.45, 7) is 5.92. The molecule has 0 radical (unpaired) electrons. The van der Waals surface area contributed by atoms with Crippen LogP contribution in [0.5, 0.6) is 11.5 Å². The number of nitrogens with one attached hydrogen (secondary N) is 1. The van der Waals surface area contributed by atoms with E-state index in [-0.39, 0.29) is 0 Å². The molecule has 2 aromatic carbocycles. The molecular weight excluding hydrogens is 346 g/mol. The summed E-state index contributed by atoms with van der Waals surface area (Å²) in [6.07, 6.45) is 0.202. The van der Waals surface area contributed by atoms with Gasteiger partial charge in [-0.05, 0) is 63.1 Å². The Kier molecular flexibility index (Phi) is 6.82. The molecule has 0 fully saturated rings. The van der Waals surface area contributed by atoms with E-state index in [2.05, 4.69) is 5.32 Å². The Labute approximate surface area is 159 Å². The van der Waals surface area contributed by atoms with Crippen LogP contribution in [0.3, 0.4) is 0 Å². The molecule has 0 aliphatic heterocycles. The number of alkyl carbamates (subject to hydrolysis) is 1. The maximum atomic E-state index is 11.7. The van der Waals surface area contributed by atoms with E-state index in [9.17, 15) is 9.59 Å². The average molecular weight is 371 g/mol. The maximum absolute atomic E-state index is 11.7. The van der Waals surface area contributed by atoms with E-state index in [1.54, 1.807) is 24.3 Å².